The van der Waals surface area contributed by atoms with Gasteiger partial charge in [-0.25, -0.2) is 0 Å². The zero-order chi connectivity index (χ0) is 9.80. The lowest BCUT2D eigenvalue weighted by atomic mass is 10.4. The van der Waals surface area contributed by atoms with Crippen LogP contribution in [-0.4, -0.2) is 31.5 Å². The molecule has 0 aliphatic heterocycles. The molecule has 1 amide bonds. The first-order valence-corrected chi connectivity index (χ1v) is 3.81. The quantitative estimate of drug-likeness (QED) is 0.686. The fraction of sp³-hybridized carbons (Fsp3) is 0. The molecule has 7 nitrogen and oxygen atoms in total. The standard InChI is InChI=1S/C7H6N6O/c14-7(6-10-12-13-11-6)9-5-2-1-3-8-4-5/h1-4H,(H,9,14)(H,10,11,12,13). The van der Waals surface area contributed by atoms with Crippen molar-refractivity contribution in [1.29, 1.82) is 0 Å². The first-order valence-electron chi connectivity index (χ1n) is 3.81. The van der Waals surface area contributed by atoms with E-state index >= 15 is 0 Å². The van der Waals surface area contributed by atoms with Gasteiger partial charge in [0.1, 0.15) is 0 Å². The van der Waals surface area contributed by atoms with E-state index in [2.05, 4.69) is 30.9 Å². The fourth-order valence-electron chi connectivity index (χ4n) is 0.882. The molecule has 0 aliphatic rings. The Morgan fingerprint density at radius 2 is 2.43 bits per heavy atom. The summed E-state index contributed by atoms with van der Waals surface area (Å²) in [5.41, 5.74) is 0.585. The van der Waals surface area contributed by atoms with Crippen LogP contribution in [0.25, 0.3) is 0 Å². The normalized spacial score (nSPS) is 9.71. The number of hydrogen-bond acceptors (Lipinski definition) is 5. The van der Waals surface area contributed by atoms with E-state index in [4.69, 9.17) is 0 Å². The fourth-order valence-corrected chi connectivity index (χ4v) is 0.882. The maximum atomic E-state index is 11.4. The van der Waals surface area contributed by atoms with E-state index in [1.807, 2.05) is 0 Å². The SMILES string of the molecule is O=C(Nc1cccnc1)c1nn[nH]n1. The average Bonchev–Trinajstić information content (AvgIpc) is 2.72. The highest BCUT2D eigenvalue weighted by Crippen LogP contribution is 2.03. The van der Waals surface area contributed by atoms with Crippen molar-refractivity contribution < 1.29 is 4.79 Å². The molecule has 7 heteroatoms. The first-order chi connectivity index (χ1) is 6.86. The van der Waals surface area contributed by atoms with Gasteiger partial charge < -0.3 is 5.32 Å². The monoisotopic (exact) mass is 190 g/mol. The summed E-state index contributed by atoms with van der Waals surface area (Å²) in [5, 5.41) is 15.1. The van der Waals surface area contributed by atoms with Gasteiger partial charge in [0, 0.05) is 6.20 Å². The third kappa shape index (κ3) is 1.71. The van der Waals surface area contributed by atoms with Crippen LogP contribution in [0.3, 0.4) is 0 Å². The number of aromatic amines is 1. The van der Waals surface area contributed by atoms with Crippen molar-refractivity contribution in [1.82, 2.24) is 25.6 Å². The van der Waals surface area contributed by atoms with Crippen LogP contribution >= 0.6 is 0 Å². The zero-order valence-electron chi connectivity index (χ0n) is 7.01. The number of rotatable bonds is 2. The van der Waals surface area contributed by atoms with Gasteiger partial charge in [-0.15, -0.1) is 10.2 Å². The maximum absolute atomic E-state index is 11.4. The van der Waals surface area contributed by atoms with E-state index in [0.717, 1.165) is 0 Å². The molecule has 2 aromatic heterocycles. The Kier molecular flexibility index (Phi) is 2.14. The van der Waals surface area contributed by atoms with Crippen molar-refractivity contribution >= 4 is 11.6 Å². The van der Waals surface area contributed by atoms with Gasteiger partial charge in [-0.05, 0) is 17.3 Å². The second-order valence-corrected chi connectivity index (χ2v) is 2.43. The summed E-state index contributed by atoms with van der Waals surface area (Å²) >= 11 is 0. The Morgan fingerprint density at radius 1 is 1.50 bits per heavy atom. The molecule has 2 aromatic rings. The summed E-state index contributed by atoms with van der Waals surface area (Å²) in [6.07, 6.45) is 3.14. The number of pyridine rings is 1. The smallest absolute Gasteiger partial charge is 0.297 e. The van der Waals surface area contributed by atoms with Crippen LogP contribution in [0, 0.1) is 0 Å². The van der Waals surface area contributed by atoms with Crippen molar-refractivity contribution in [2.24, 2.45) is 0 Å². The van der Waals surface area contributed by atoms with Gasteiger partial charge in [0.15, 0.2) is 0 Å². The minimum atomic E-state index is -0.424. The predicted molar refractivity (Wildman–Crippen MR) is 46.4 cm³/mol. The average molecular weight is 190 g/mol. The largest absolute Gasteiger partial charge is 0.318 e. The van der Waals surface area contributed by atoms with Crippen LogP contribution in [0.1, 0.15) is 10.6 Å². The Hall–Kier alpha value is -2.31. The lowest BCUT2D eigenvalue weighted by Crippen LogP contribution is -2.13. The summed E-state index contributed by atoms with van der Waals surface area (Å²) in [5.74, 6) is -0.430. The number of amides is 1. The van der Waals surface area contributed by atoms with E-state index in [-0.39, 0.29) is 5.82 Å². The molecule has 0 bridgehead atoms. The number of carbonyl (C=O) groups excluding carboxylic acids is 1. The van der Waals surface area contributed by atoms with Gasteiger partial charge in [-0.2, -0.15) is 5.21 Å². The second-order valence-electron chi connectivity index (χ2n) is 2.43. The van der Waals surface area contributed by atoms with E-state index in [1.165, 1.54) is 6.20 Å². The minimum absolute atomic E-state index is 0.00569. The Bertz CT molecular complexity index is 411. The number of nitrogens with one attached hydrogen (secondary N) is 2. The molecule has 2 heterocycles. The summed E-state index contributed by atoms with van der Waals surface area (Å²) in [4.78, 5) is 15.2. The number of nitrogens with zero attached hydrogens (tertiary/aromatic N) is 4. The van der Waals surface area contributed by atoms with Crippen molar-refractivity contribution in [3.63, 3.8) is 0 Å². The summed E-state index contributed by atoms with van der Waals surface area (Å²) in [6.45, 7) is 0. The van der Waals surface area contributed by atoms with Crippen molar-refractivity contribution in [2.75, 3.05) is 5.32 Å². The first kappa shape index (κ1) is 8.30. The topological polar surface area (TPSA) is 96.5 Å². The number of hydrogen-bond donors (Lipinski definition) is 2. The molecule has 0 radical (unpaired) electrons. The maximum Gasteiger partial charge on any atom is 0.297 e. The molecule has 0 saturated heterocycles. The molecule has 0 aromatic carbocycles. The van der Waals surface area contributed by atoms with Gasteiger partial charge in [-0.1, -0.05) is 0 Å². The Labute approximate surface area is 78.6 Å². The van der Waals surface area contributed by atoms with Crippen molar-refractivity contribution in [3.8, 4) is 0 Å². The van der Waals surface area contributed by atoms with Crippen molar-refractivity contribution in [2.45, 2.75) is 0 Å². The summed E-state index contributed by atoms with van der Waals surface area (Å²) in [7, 11) is 0. The van der Waals surface area contributed by atoms with E-state index in [1.54, 1.807) is 18.3 Å². The van der Waals surface area contributed by atoms with Gasteiger partial charge in [0.2, 0.25) is 0 Å². The van der Waals surface area contributed by atoms with Crippen LogP contribution in [0.5, 0.6) is 0 Å². The summed E-state index contributed by atoms with van der Waals surface area (Å²) in [6, 6.07) is 3.43. The molecule has 0 fully saturated rings. The van der Waals surface area contributed by atoms with E-state index in [9.17, 15) is 4.79 Å². The van der Waals surface area contributed by atoms with Gasteiger partial charge in [0.25, 0.3) is 11.7 Å². The van der Waals surface area contributed by atoms with Crippen LogP contribution in [0.2, 0.25) is 0 Å². The highest BCUT2D eigenvalue weighted by atomic mass is 16.2. The molecule has 0 spiro atoms. The molecular weight excluding hydrogens is 184 g/mol. The predicted octanol–water partition coefficient (Wildman–Crippen LogP) is -0.153. The second kappa shape index (κ2) is 3.60. The number of aromatic nitrogens is 5. The molecule has 14 heavy (non-hydrogen) atoms. The van der Waals surface area contributed by atoms with Crippen molar-refractivity contribution in [3.05, 3.63) is 30.4 Å². The molecule has 0 unspecified atom stereocenters. The Morgan fingerprint density at radius 3 is 3.07 bits per heavy atom. The number of carbonyl (C=O) groups is 1. The molecule has 0 saturated carbocycles. The van der Waals surface area contributed by atoms with Crippen LogP contribution in [-0.2, 0) is 0 Å². The van der Waals surface area contributed by atoms with E-state index < -0.39 is 5.91 Å². The molecule has 70 valence electrons. The third-order valence-corrected chi connectivity index (χ3v) is 1.47. The summed E-state index contributed by atoms with van der Waals surface area (Å²) < 4.78 is 0. The van der Waals surface area contributed by atoms with Gasteiger partial charge in [-0.3, -0.25) is 9.78 Å². The lowest BCUT2D eigenvalue weighted by Gasteiger charge is -1.99. The minimum Gasteiger partial charge on any atom is -0.318 e. The van der Waals surface area contributed by atoms with Gasteiger partial charge >= 0.3 is 0 Å². The van der Waals surface area contributed by atoms with Crippen LogP contribution < -0.4 is 5.32 Å². The third-order valence-electron chi connectivity index (χ3n) is 1.47. The van der Waals surface area contributed by atoms with Gasteiger partial charge in [0.05, 0.1) is 11.9 Å². The van der Waals surface area contributed by atoms with Crippen LogP contribution in [0.15, 0.2) is 24.5 Å². The zero-order valence-corrected chi connectivity index (χ0v) is 7.01. The Balaban J connectivity index is 2.10. The highest BCUT2D eigenvalue weighted by molar-refractivity contribution is 6.01. The highest BCUT2D eigenvalue weighted by Gasteiger charge is 2.09. The van der Waals surface area contributed by atoms with E-state index in [0.29, 0.717) is 5.69 Å². The lowest BCUT2D eigenvalue weighted by molar-refractivity contribution is 0.101. The number of anilines is 1. The number of tetrazole rings is 1. The van der Waals surface area contributed by atoms with Crippen LogP contribution in [0.4, 0.5) is 5.69 Å². The molecule has 2 N–H and O–H groups in total. The molecular formula is C7H6N6O. The molecule has 0 aliphatic carbocycles. The number of H-pyrrole nitrogens is 1. The molecule has 0 atom stereocenters. The molecule has 2 rings (SSSR count).